The van der Waals surface area contributed by atoms with Crippen LogP contribution in [0.15, 0.2) is 36.4 Å². The van der Waals surface area contributed by atoms with Crippen LogP contribution in [0.25, 0.3) is 0 Å². The Kier molecular flexibility index (Phi) is 5.41. The SMILES string of the molecule is O=C(O)CCN1CCC2(CC1)COc1cc(Oc3c(Cl)cccc3Cl)ccc12. The maximum Gasteiger partial charge on any atom is 0.304 e. The number of benzene rings is 2. The zero-order valence-corrected chi connectivity index (χ0v) is 16.8. The van der Waals surface area contributed by atoms with Crippen LogP contribution in [0, 0.1) is 0 Å². The van der Waals surface area contributed by atoms with Crippen molar-refractivity contribution in [2.75, 3.05) is 26.2 Å². The molecule has 0 amide bonds. The van der Waals surface area contributed by atoms with Gasteiger partial charge in [0, 0.05) is 23.6 Å². The minimum absolute atomic E-state index is 0.00434. The number of fused-ring (bicyclic) bond motifs is 2. The molecule has 0 bridgehead atoms. The van der Waals surface area contributed by atoms with E-state index in [0.29, 0.717) is 34.7 Å². The summed E-state index contributed by atoms with van der Waals surface area (Å²) in [5.74, 6) is 1.15. The van der Waals surface area contributed by atoms with Crippen LogP contribution in [0.1, 0.15) is 24.8 Å². The lowest BCUT2D eigenvalue weighted by molar-refractivity contribution is -0.137. The third-order valence-corrected chi connectivity index (χ3v) is 6.22. The number of aliphatic carboxylic acids is 1. The summed E-state index contributed by atoms with van der Waals surface area (Å²) >= 11 is 12.4. The van der Waals surface area contributed by atoms with E-state index in [1.54, 1.807) is 18.2 Å². The van der Waals surface area contributed by atoms with E-state index in [-0.39, 0.29) is 11.8 Å². The number of carbonyl (C=O) groups is 1. The highest BCUT2D eigenvalue weighted by atomic mass is 35.5. The number of carboxylic acids is 1. The minimum Gasteiger partial charge on any atom is -0.492 e. The van der Waals surface area contributed by atoms with Crippen molar-refractivity contribution in [2.45, 2.75) is 24.7 Å². The number of carboxylic acid groups (broad SMARTS) is 1. The van der Waals surface area contributed by atoms with E-state index in [1.807, 2.05) is 12.1 Å². The smallest absolute Gasteiger partial charge is 0.304 e. The van der Waals surface area contributed by atoms with Crippen LogP contribution in [0.5, 0.6) is 17.2 Å². The van der Waals surface area contributed by atoms with Crippen LogP contribution < -0.4 is 9.47 Å². The van der Waals surface area contributed by atoms with Crippen molar-refractivity contribution in [1.82, 2.24) is 4.90 Å². The third-order valence-electron chi connectivity index (χ3n) is 5.62. The van der Waals surface area contributed by atoms with Crippen molar-refractivity contribution >= 4 is 29.2 Å². The van der Waals surface area contributed by atoms with E-state index in [4.69, 9.17) is 37.8 Å². The molecule has 1 saturated heterocycles. The predicted molar refractivity (Wildman–Crippen MR) is 108 cm³/mol. The topological polar surface area (TPSA) is 59.0 Å². The minimum atomic E-state index is -0.749. The molecular weight excluding hydrogens is 401 g/mol. The Morgan fingerprint density at radius 2 is 1.89 bits per heavy atom. The molecule has 5 nitrogen and oxygen atoms in total. The molecule has 0 aromatic heterocycles. The van der Waals surface area contributed by atoms with Crippen LogP contribution in [0.2, 0.25) is 10.0 Å². The van der Waals surface area contributed by atoms with E-state index in [1.165, 1.54) is 5.56 Å². The molecule has 1 N–H and O–H groups in total. The quantitative estimate of drug-likeness (QED) is 0.736. The molecule has 0 unspecified atom stereocenters. The summed E-state index contributed by atoms with van der Waals surface area (Å²) in [5, 5.41) is 9.79. The highest BCUT2D eigenvalue weighted by Gasteiger charge is 2.43. The van der Waals surface area contributed by atoms with Gasteiger partial charge in [-0.15, -0.1) is 0 Å². The molecule has 0 atom stereocenters. The van der Waals surface area contributed by atoms with Gasteiger partial charge in [-0.1, -0.05) is 35.3 Å². The standard InChI is InChI=1S/C21H21Cl2NO4/c22-16-2-1-3-17(23)20(16)28-14-4-5-15-18(12-14)27-13-21(15)7-10-24(11-8-21)9-6-19(25)26/h1-5,12H,6-11,13H2,(H,25,26). The fraction of sp³-hybridized carbons (Fsp3) is 0.381. The summed E-state index contributed by atoms with van der Waals surface area (Å²) in [6, 6.07) is 11.1. The summed E-state index contributed by atoms with van der Waals surface area (Å²) in [6.45, 7) is 3.00. The first-order chi connectivity index (χ1) is 13.5. The van der Waals surface area contributed by atoms with Crippen LogP contribution in [-0.4, -0.2) is 42.2 Å². The second kappa shape index (κ2) is 7.82. The van der Waals surface area contributed by atoms with Crippen molar-refractivity contribution < 1.29 is 19.4 Å². The Hall–Kier alpha value is -1.95. The number of rotatable bonds is 5. The molecule has 148 valence electrons. The average molecular weight is 422 g/mol. The molecule has 0 saturated carbocycles. The maximum absolute atomic E-state index is 10.8. The van der Waals surface area contributed by atoms with Gasteiger partial charge in [-0.25, -0.2) is 0 Å². The fourth-order valence-electron chi connectivity index (χ4n) is 3.99. The summed E-state index contributed by atoms with van der Waals surface area (Å²) in [7, 11) is 0. The molecule has 1 spiro atoms. The second-order valence-corrected chi connectivity index (χ2v) is 8.18. The molecule has 0 aliphatic carbocycles. The van der Waals surface area contributed by atoms with E-state index in [9.17, 15) is 4.79 Å². The first-order valence-corrected chi connectivity index (χ1v) is 10.1. The largest absolute Gasteiger partial charge is 0.492 e. The number of para-hydroxylation sites is 1. The van der Waals surface area contributed by atoms with Crippen LogP contribution in [0.4, 0.5) is 0 Å². The van der Waals surface area contributed by atoms with Gasteiger partial charge < -0.3 is 19.5 Å². The lowest BCUT2D eigenvalue weighted by atomic mass is 9.74. The van der Waals surface area contributed by atoms with Crippen LogP contribution >= 0.6 is 23.2 Å². The van der Waals surface area contributed by atoms with Gasteiger partial charge in [0.15, 0.2) is 5.75 Å². The molecule has 1 fully saturated rings. The summed E-state index contributed by atoms with van der Waals surface area (Å²) in [5.41, 5.74) is 1.19. The van der Waals surface area contributed by atoms with Crippen molar-refractivity contribution in [3.63, 3.8) is 0 Å². The van der Waals surface area contributed by atoms with Crippen molar-refractivity contribution in [3.8, 4) is 17.2 Å². The zero-order valence-electron chi connectivity index (χ0n) is 15.3. The molecule has 0 radical (unpaired) electrons. The summed E-state index contributed by atoms with van der Waals surface area (Å²) in [4.78, 5) is 13.0. The van der Waals surface area contributed by atoms with Crippen molar-refractivity contribution in [2.24, 2.45) is 0 Å². The van der Waals surface area contributed by atoms with E-state index < -0.39 is 5.97 Å². The fourth-order valence-corrected chi connectivity index (χ4v) is 4.46. The van der Waals surface area contributed by atoms with E-state index in [0.717, 1.165) is 31.7 Å². The number of ether oxygens (including phenoxy) is 2. The van der Waals surface area contributed by atoms with Crippen LogP contribution in [0.3, 0.4) is 0 Å². The van der Waals surface area contributed by atoms with Gasteiger partial charge in [0.25, 0.3) is 0 Å². The average Bonchev–Trinajstić information content (AvgIpc) is 3.02. The molecule has 2 aromatic carbocycles. The van der Waals surface area contributed by atoms with Crippen LogP contribution in [-0.2, 0) is 10.2 Å². The second-order valence-electron chi connectivity index (χ2n) is 7.37. The van der Waals surface area contributed by atoms with Crippen molar-refractivity contribution in [1.29, 1.82) is 0 Å². The Morgan fingerprint density at radius 3 is 2.57 bits per heavy atom. The van der Waals surface area contributed by atoms with Gasteiger partial charge in [0.1, 0.15) is 11.5 Å². The molecule has 2 aliphatic heterocycles. The van der Waals surface area contributed by atoms with E-state index >= 15 is 0 Å². The Morgan fingerprint density at radius 1 is 1.18 bits per heavy atom. The van der Waals surface area contributed by atoms with Gasteiger partial charge in [-0.2, -0.15) is 0 Å². The highest BCUT2D eigenvalue weighted by molar-refractivity contribution is 6.37. The third kappa shape index (κ3) is 3.79. The molecule has 28 heavy (non-hydrogen) atoms. The highest BCUT2D eigenvalue weighted by Crippen LogP contribution is 2.47. The molecule has 4 rings (SSSR count). The molecule has 7 heteroatoms. The number of likely N-dealkylation sites (tertiary alicyclic amines) is 1. The lowest BCUT2D eigenvalue weighted by Crippen LogP contribution is -2.44. The maximum atomic E-state index is 10.8. The summed E-state index contributed by atoms with van der Waals surface area (Å²) < 4.78 is 11.9. The zero-order chi connectivity index (χ0) is 19.7. The van der Waals surface area contributed by atoms with Gasteiger partial charge >= 0.3 is 5.97 Å². The van der Waals surface area contributed by atoms with Gasteiger partial charge in [0.2, 0.25) is 0 Å². The number of hydrogen-bond acceptors (Lipinski definition) is 4. The molecule has 2 heterocycles. The van der Waals surface area contributed by atoms with Gasteiger partial charge in [-0.05, 0) is 44.1 Å². The lowest BCUT2D eigenvalue weighted by Gasteiger charge is -2.38. The first kappa shape index (κ1) is 19.4. The monoisotopic (exact) mass is 421 g/mol. The number of halogens is 2. The van der Waals surface area contributed by atoms with Gasteiger partial charge in [-0.3, -0.25) is 4.79 Å². The Bertz CT molecular complexity index is 874. The molecule has 2 aliphatic rings. The van der Waals surface area contributed by atoms with Gasteiger partial charge in [0.05, 0.1) is 23.1 Å². The number of piperidine rings is 1. The predicted octanol–water partition coefficient (Wildman–Crippen LogP) is 4.99. The van der Waals surface area contributed by atoms with E-state index in [2.05, 4.69) is 11.0 Å². The Labute approximate surface area is 173 Å². The van der Waals surface area contributed by atoms with Crippen molar-refractivity contribution in [3.05, 3.63) is 52.0 Å². The summed E-state index contributed by atoms with van der Waals surface area (Å²) in [6.07, 6.45) is 2.09. The molecule has 2 aromatic rings. The molecular formula is C21H21Cl2NO4. The number of nitrogens with zero attached hydrogens (tertiary/aromatic N) is 1. The Balaban J connectivity index is 1.48. The number of hydrogen-bond donors (Lipinski definition) is 1. The normalized spacial score (nSPS) is 17.9. The first-order valence-electron chi connectivity index (χ1n) is 9.30.